The second-order valence-corrected chi connectivity index (χ2v) is 6.81. The number of nitrogens with zero attached hydrogens (tertiary/aromatic N) is 1. The van der Waals surface area contributed by atoms with Crippen LogP contribution in [0.25, 0.3) is 0 Å². The van der Waals surface area contributed by atoms with Crippen molar-refractivity contribution in [3.05, 3.63) is 28.8 Å². The van der Waals surface area contributed by atoms with Gasteiger partial charge in [-0.2, -0.15) is 0 Å². The summed E-state index contributed by atoms with van der Waals surface area (Å²) in [6, 6.07) is 4.56. The molecule has 1 aromatic rings. The highest BCUT2D eigenvalue weighted by molar-refractivity contribution is 7.92. The number of carbonyl (C=O) groups is 1. The van der Waals surface area contributed by atoms with Crippen molar-refractivity contribution in [2.75, 3.05) is 23.7 Å². The predicted molar refractivity (Wildman–Crippen MR) is 76.3 cm³/mol. The van der Waals surface area contributed by atoms with E-state index in [-0.39, 0.29) is 16.3 Å². The molecule has 0 aromatic heterocycles. The first kappa shape index (κ1) is 15.1. The first-order valence-electron chi connectivity index (χ1n) is 6.09. The number of anilines is 1. The van der Waals surface area contributed by atoms with Crippen molar-refractivity contribution in [1.82, 2.24) is 5.48 Å². The third-order valence-corrected chi connectivity index (χ3v) is 5.23. The van der Waals surface area contributed by atoms with Gasteiger partial charge in [-0.3, -0.25) is 13.9 Å². The fraction of sp³-hybridized carbons (Fsp3) is 0.417. The van der Waals surface area contributed by atoms with Crippen LogP contribution in [0.15, 0.2) is 18.2 Å². The van der Waals surface area contributed by atoms with Crippen molar-refractivity contribution in [1.29, 1.82) is 0 Å². The molecular formula is C12H15ClN2O4S. The van der Waals surface area contributed by atoms with Crippen molar-refractivity contribution >= 4 is 33.2 Å². The molecule has 8 heteroatoms. The van der Waals surface area contributed by atoms with E-state index in [0.717, 1.165) is 6.42 Å². The number of rotatable bonds is 3. The highest BCUT2D eigenvalue weighted by Crippen LogP contribution is 2.27. The average molecular weight is 319 g/mol. The molecule has 0 aliphatic carbocycles. The van der Waals surface area contributed by atoms with Gasteiger partial charge in [0, 0.05) is 6.54 Å². The first-order chi connectivity index (χ1) is 9.45. The summed E-state index contributed by atoms with van der Waals surface area (Å²) in [5, 5.41) is 0.234. The van der Waals surface area contributed by atoms with Gasteiger partial charge in [-0.15, -0.1) is 0 Å². The minimum atomic E-state index is -3.32. The van der Waals surface area contributed by atoms with Crippen LogP contribution >= 0.6 is 11.6 Å². The average Bonchev–Trinajstić information content (AvgIpc) is 2.39. The Morgan fingerprint density at radius 1 is 1.40 bits per heavy atom. The molecule has 1 fully saturated rings. The molecule has 0 unspecified atom stereocenters. The van der Waals surface area contributed by atoms with E-state index < -0.39 is 15.9 Å². The van der Waals surface area contributed by atoms with Gasteiger partial charge < -0.3 is 0 Å². The molecular weight excluding hydrogens is 304 g/mol. The normalized spacial score (nSPS) is 17.8. The van der Waals surface area contributed by atoms with Gasteiger partial charge in [0.25, 0.3) is 5.91 Å². The van der Waals surface area contributed by atoms with E-state index in [1.54, 1.807) is 6.07 Å². The number of benzene rings is 1. The van der Waals surface area contributed by atoms with E-state index in [4.69, 9.17) is 11.6 Å². The van der Waals surface area contributed by atoms with Crippen LogP contribution in [0, 0.1) is 0 Å². The molecule has 6 nitrogen and oxygen atoms in total. The lowest BCUT2D eigenvalue weighted by molar-refractivity contribution is 0.0538. The molecule has 2 rings (SSSR count). The summed E-state index contributed by atoms with van der Waals surface area (Å²) in [7, 11) is -2.01. The van der Waals surface area contributed by atoms with Crippen LogP contribution in [0.1, 0.15) is 23.2 Å². The number of sulfonamides is 1. The SMILES string of the molecule is CONC(=O)c1cc(N2CCCCS2(=O)=O)ccc1Cl. The molecule has 0 bridgehead atoms. The number of nitrogens with one attached hydrogen (secondary N) is 1. The molecule has 1 saturated heterocycles. The number of halogens is 1. The van der Waals surface area contributed by atoms with Crippen LogP contribution in [0.3, 0.4) is 0 Å². The van der Waals surface area contributed by atoms with E-state index >= 15 is 0 Å². The van der Waals surface area contributed by atoms with Crippen molar-refractivity contribution in [3.8, 4) is 0 Å². The number of hydrogen-bond acceptors (Lipinski definition) is 4. The summed E-state index contributed by atoms with van der Waals surface area (Å²) >= 11 is 5.95. The summed E-state index contributed by atoms with van der Waals surface area (Å²) in [6.07, 6.45) is 1.45. The Labute approximate surface area is 122 Å². The van der Waals surface area contributed by atoms with Gasteiger partial charge in [0.2, 0.25) is 10.0 Å². The van der Waals surface area contributed by atoms with Gasteiger partial charge >= 0.3 is 0 Å². The fourth-order valence-electron chi connectivity index (χ4n) is 2.07. The number of hydroxylamine groups is 1. The molecule has 0 atom stereocenters. The summed E-state index contributed by atoms with van der Waals surface area (Å²) < 4.78 is 25.4. The summed E-state index contributed by atoms with van der Waals surface area (Å²) in [6.45, 7) is 0.412. The smallest absolute Gasteiger partial charge is 0.276 e. The molecule has 1 aromatic carbocycles. The van der Waals surface area contributed by atoms with E-state index in [9.17, 15) is 13.2 Å². The third kappa shape index (κ3) is 3.05. The van der Waals surface area contributed by atoms with Crippen LogP contribution in [0.5, 0.6) is 0 Å². The van der Waals surface area contributed by atoms with Gasteiger partial charge in [-0.05, 0) is 31.0 Å². The molecule has 110 valence electrons. The zero-order chi connectivity index (χ0) is 14.8. The highest BCUT2D eigenvalue weighted by atomic mass is 35.5. The Balaban J connectivity index is 2.38. The van der Waals surface area contributed by atoms with Gasteiger partial charge in [0.15, 0.2) is 0 Å². The molecule has 1 heterocycles. The Kier molecular flexibility index (Phi) is 4.52. The lowest BCUT2D eigenvalue weighted by Crippen LogP contribution is -2.38. The second kappa shape index (κ2) is 5.99. The topological polar surface area (TPSA) is 75.7 Å². The van der Waals surface area contributed by atoms with Gasteiger partial charge in [0.1, 0.15) is 0 Å². The highest BCUT2D eigenvalue weighted by Gasteiger charge is 2.27. The first-order valence-corrected chi connectivity index (χ1v) is 8.08. The maximum Gasteiger partial charge on any atom is 0.276 e. The molecule has 1 amide bonds. The van der Waals surface area contributed by atoms with Crippen molar-refractivity contribution in [2.45, 2.75) is 12.8 Å². The lowest BCUT2D eigenvalue weighted by atomic mass is 10.2. The molecule has 1 N–H and O–H groups in total. The molecule has 20 heavy (non-hydrogen) atoms. The minimum absolute atomic E-state index is 0.120. The van der Waals surface area contributed by atoms with E-state index in [1.165, 1.54) is 23.5 Å². The predicted octanol–water partition coefficient (Wildman–Crippen LogP) is 1.56. The van der Waals surface area contributed by atoms with Crippen molar-refractivity contribution < 1.29 is 18.0 Å². The molecule has 0 spiro atoms. The largest absolute Gasteiger partial charge is 0.277 e. The fourth-order valence-corrected chi connectivity index (χ4v) is 3.90. The van der Waals surface area contributed by atoms with Gasteiger partial charge in [0.05, 0.1) is 29.1 Å². The minimum Gasteiger partial charge on any atom is -0.277 e. The van der Waals surface area contributed by atoms with Gasteiger partial charge in [-0.25, -0.2) is 13.9 Å². The van der Waals surface area contributed by atoms with Crippen LogP contribution in [0.4, 0.5) is 5.69 Å². The van der Waals surface area contributed by atoms with Crippen LogP contribution in [0.2, 0.25) is 5.02 Å². The Morgan fingerprint density at radius 3 is 2.80 bits per heavy atom. The van der Waals surface area contributed by atoms with Crippen LogP contribution in [-0.4, -0.2) is 33.7 Å². The number of hydrogen-bond donors (Lipinski definition) is 1. The standard InChI is InChI=1S/C12H15ClN2O4S/c1-19-14-12(16)10-8-9(4-5-11(10)13)15-6-2-3-7-20(15,17)18/h4-5,8H,2-3,6-7H2,1H3,(H,14,16). The monoisotopic (exact) mass is 318 g/mol. The lowest BCUT2D eigenvalue weighted by Gasteiger charge is -2.28. The Morgan fingerprint density at radius 2 is 2.15 bits per heavy atom. The van der Waals surface area contributed by atoms with E-state index in [1.807, 2.05) is 0 Å². The van der Waals surface area contributed by atoms with Crippen LogP contribution in [-0.2, 0) is 14.9 Å². The quantitative estimate of drug-likeness (QED) is 0.858. The molecule has 1 aliphatic heterocycles. The van der Waals surface area contributed by atoms with E-state index in [2.05, 4.69) is 10.3 Å². The van der Waals surface area contributed by atoms with Gasteiger partial charge in [-0.1, -0.05) is 11.6 Å². The Bertz CT molecular complexity index is 618. The Hall–Kier alpha value is -1.31. The molecule has 1 aliphatic rings. The molecule has 0 radical (unpaired) electrons. The van der Waals surface area contributed by atoms with Crippen LogP contribution < -0.4 is 9.79 Å². The van der Waals surface area contributed by atoms with Crippen molar-refractivity contribution in [3.63, 3.8) is 0 Å². The maximum atomic E-state index is 12.0. The summed E-state index contributed by atoms with van der Waals surface area (Å²) in [5.74, 6) is -0.399. The van der Waals surface area contributed by atoms with E-state index in [0.29, 0.717) is 18.7 Å². The number of carbonyl (C=O) groups excluding carboxylic acids is 1. The van der Waals surface area contributed by atoms with Crippen molar-refractivity contribution in [2.24, 2.45) is 0 Å². The molecule has 0 saturated carbocycles. The second-order valence-electron chi connectivity index (χ2n) is 4.39. The zero-order valence-corrected chi connectivity index (χ0v) is 12.5. The third-order valence-electron chi connectivity index (χ3n) is 3.03. The maximum absolute atomic E-state index is 12.0. The summed E-state index contributed by atoms with van der Waals surface area (Å²) in [5.41, 5.74) is 2.78. The zero-order valence-electron chi connectivity index (χ0n) is 10.9. The number of amides is 1. The summed E-state index contributed by atoms with van der Waals surface area (Å²) in [4.78, 5) is 16.3.